The first-order chi connectivity index (χ1) is 13.8. The maximum atomic E-state index is 11.8. The quantitative estimate of drug-likeness (QED) is 0.514. The van der Waals surface area contributed by atoms with E-state index in [-0.39, 0.29) is 17.4 Å². The molecule has 1 aliphatic rings. The Labute approximate surface area is 174 Å². The van der Waals surface area contributed by atoms with Gasteiger partial charge >= 0.3 is 0 Å². The third-order valence-corrected chi connectivity index (χ3v) is 4.98. The van der Waals surface area contributed by atoms with Gasteiger partial charge in [0.05, 0.1) is 12.7 Å². The smallest absolute Gasteiger partial charge is 0.252 e. The summed E-state index contributed by atoms with van der Waals surface area (Å²) in [7, 11) is 1.51. The van der Waals surface area contributed by atoms with Gasteiger partial charge in [0.25, 0.3) is 5.91 Å². The van der Waals surface area contributed by atoms with Crippen molar-refractivity contribution in [1.82, 2.24) is 5.32 Å². The number of hydrogen-bond donors (Lipinski definition) is 2. The summed E-state index contributed by atoms with van der Waals surface area (Å²) in [6, 6.07) is 1.44. The molecule has 0 fully saturated rings. The Kier molecular flexibility index (Phi) is 8.37. The molecule has 158 valence electrons. The van der Waals surface area contributed by atoms with Gasteiger partial charge in [-0.2, -0.15) is 0 Å². The first kappa shape index (κ1) is 22.6. The number of phenolic OH excluding ortho intramolecular Hbond substituents is 1. The molecule has 0 saturated carbocycles. The number of carbonyl (C=O) groups is 1. The topological polar surface area (TPSA) is 67.8 Å². The second-order valence-corrected chi connectivity index (χ2v) is 7.74. The van der Waals surface area contributed by atoms with E-state index < -0.39 is 0 Å². The average Bonchev–Trinajstić information content (AvgIpc) is 3.02. The SMILES string of the molecule is COc1c2c(cc(O)c1OCC=C(C)CCC=C(C)CCC=C(C)C)C(=O)NC2. The molecule has 2 rings (SSSR count). The van der Waals surface area contributed by atoms with Gasteiger partial charge in [0.2, 0.25) is 5.75 Å². The number of nitrogens with one attached hydrogen (secondary N) is 1. The fourth-order valence-electron chi connectivity index (χ4n) is 3.27. The van der Waals surface area contributed by atoms with Gasteiger partial charge in [0.15, 0.2) is 11.5 Å². The van der Waals surface area contributed by atoms with Crippen LogP contribution >= 0.6 is 0 Å². The summed E-state index contributed by atoms with van der Waals surface area (Å²) in [4.78, 5) is 11.8. The lowest BCUT2D eigenvalue weighted by atomic mass is 10.1. The molecule has 0 unspecified atom stereocenters. The number of hydrogen-bond acceptors (Lipinski definition) is 4. The first-order valence-electron chi connectivity index (χ1n) is 10.1. The molecular formula is C24H33NO4. The number of allylic oxidation sites excluding steroid dienone is 5. The summed E-state index contributed by atoms with van der Waals surface area (Å²) in [6.45, 7) is 9.23. The normalized spacial score (nSPS) is 13.8. The Hall–Kier alpha value is -2.69. The Morgan fingerprint density at radius 1 is 1.07 bits per heavy atom. The van der Waals surface area contributed by atoms with Crippen LogP contribution in [0.1, 0.15) is 69.3 Å². The van der Waals surface area contributed by atoms with Crippen LogP contribution in [0, 0.1) is 0 Å². The summed E-state index contributed by atoms with van der Waals surface area (Å²) < 4.78 is 11.2. The maximum Gasteiger partial charge on any atom is 0.252 e. The number of methoxy groups -OCH3 is 1. The summed E-state index contributed by atoms with van der Waals surface area (Å²) in [5.41, 5.74) is 5.17. The van der Waals surface area contributed by atoms with E-state index in [1.807, 2.05) is 6.08 Å². The van der Waals surface area contributed by atoms with Crippen LogP contribution in [0.5, 0.6) is 17.2 Å². The third kappa shape index (κ3) is 6.41. The lowest BCUT2D eigenvalue weighted by Gasteiger charge is -2.14. The number of phenols is 1. The Morgan fingerprint density at radius 3 is 2.38 bits per heavy atom. The highest BCUT2D eigenvalue weighted by atomic mass is 16.5. The van der Waals surface area contributed by atoms with E-state index in [1.54, 1.807) is 0 Å². The molecule has 1 amide bonds. The molecule has 1 aromatic rings. The van der Waals surface area contributed by atoms with E-state index in [2.05, 4.69) is 45.2 Å². The number of amides is 1. The Morgan fingerprint density at radius 2 is 1.72 bits per heavy atom. The van der Waals surface area contributed by atoms with Gasteiger partial charge in [-0.25, -0.2) is 0 Å². The van der Waals surface area contributed by atoms with Crippen LogP contribution in [-0.2, 0) is 6.54 Å². The molecule has 0 radical (unpaired) electrons. The van der Waals surface area contributed by atoms with E-state index in [0.717, 1.165) is 31.2 Å². The van der Waals surface area contributed by atoms with Crippen molar-refractivity contribution in [3.63, 3.8) is 0 Å². The minimum absolute atomic E-state index is 0.0846. The van der Waals surface area contributed by atoms with Crippen molar-refractivity contribution < 1.29 is 19.4 Å². The van der Waals surface area contributed by atoms with Crippen LogP contribution < -0.4 is 14.8 Å². The largest absolute Gasteiger partial charge is 0.504 e. The van der Waals surface area contributed by atoms with Gasteiger partial charge in [-0.1, -0.05) is 28.9 Å². The minimum atomic E-state index is -0.208. The van der Waals surface area contributed by atoms with Crippen LogP contribution in [0.15, 0.2) is 41.0 Å². The summed E-state index contributed by atoms with van der Waals surface area (Å²) in [6.07, 6.45) is 10.8. The number of rotatable bonds is 10. The second kappa shape index (κ2) is 10.7. The number of aromatic hydroxyl groups is 1. The van der Waals surface area contributed by atoms with Gasteiger partial charge < -0.3 is 19.9 Å². The molecule has 0 bridgehead atoms. The summed E-state index contributed by atoms with van der Waals surface area (Å²) >= 11 is 0. The molecule has 0 aliphatic carbocycles. The van der Waals surface area contributed by atoms with Gasteiger partial charge in [-0.05, 0) is 65.5 Å². The molecule has 0 saturated heterocycles. The average molecular weight is 400 g/mol. The predicted octanol–water partition coefficient (Wildman–Crippen LogP) is 5.44. The molecule has 5 nitrogen and oxygen atoms in total. The van der Waals surface area contributed by atoms with Crippen molar-refractivity contribution in [1.29, 1.82) is 0 Å². The van der Waals surface area contributed by atoms with Gasteiger partial charge in [0.1, 0.15) is 6.61 Å². The molecular weight excluding hydrogens is 366 g/mol. The predicted molar refractivity (Wildman–Crippen MR) is 117 cm³/mol. The zero-order valence-electron chi connectivity index (χ0n) is 18.2. The van der Waals surface area contributed by atoms with E-state index in [4.69, 9.17) is 9.47 Å². The minimum Gasteiger partial charge on any atom is -0.504 e. The van der Waals surface area contributed by atoms with Crippen molar-refractivity contribution >= 4 is 5.91 Å². The van der Waals surface area contributed by atoms with Crippen LogP contribution in [0.2, 0.25) is 0 Å². The van der Waals surface area contributed by atoms with Crippen LogP contribution in [0.4, 0.5) is 0 Å². The van der Waals surface area contributed by atoms with Crippen LogP contribution in [0.25, 0.3) is 0 Å². The fraction of sp³-hybridized carbons (Fsp3) is 0.458. The maximum absolute atomic E-state index is 11.8. The zero-order chi connectivity index (χ0) is 21.4. The molecule has 1 heterocycles. The zero-order valence-corrected chi connectivity index (χ0v) is 18.2. The lowest BCUT2D eigenvalue weighted by Crippen LogP contribution is -2.12. The van der Waals surface area contributed by atoms with E-state index in [0.29, 0.717) is 24.5 Å². The Bertz CT molecular complexity index is 830. The monoisotopic (exact) mass is 399 g/mol. The van der Waals surface area contributed by atoms with Gasteiger partial charge in [0, 0.05) is 12.1 Å². The van der Waals surface area contributed by atoms with Gasteiger partial charge in [-0.3, -0.25) is 4.79 Å². The van der Waals surface area contributed by atoms with Crippen molar-refractivity contribution in [2.45, 2.75) is 59.9 Å². The van der Waals surface area contributed by atoms with Crippen LogP contribution in [-0.4, -0.2) is 24.7 Å². The van der Waals surface area contributed by atoms with E-state index in [9.17, 15) is 9.90 Å². The second-order valence-electron chi connectivity index (χ2n) is 7.74. The Balaban J connectivity index is 1.90. The van der Waals surface area contributed by atoms with Gasteiger partial charge in [-0.15, -0.1) is 0 Å². The molecule has 29 heavy (non-hydrogen) atoms. The summed E-state index contributed by atoms with van der Waals surface area (Å²) in [5, 5.41) is 13.0. The first-order valence-corrected chi connectivity index (χ1v) is 10.1. The molecule has 0 spiro atoms. The van der Waals surface area contributed by atoms with E-state index in [1.165, 1.54) is 29.9 Å². The lowest BCUT2D eigenvalue weighted by molar-refractivity contribution is 0.0965. The number of fused-ring (bicyclic) bond motifs is 1. The van der Waals surface area contributed by atoms with Crippen molar-refractivity contribution in [2.24, 2.45) is 0 Å². The highest BCUT2D eigenvalue weighted by molar-refractivity contribution is 6.00. The van der Waals surface area contributed by atoms with E-state index >= 15 is 0 Å². The molecule has 1 aromatic carbocycles. The third-order valence-electron chi connectivity index (χ3n) is 4.98. The van der Waals surface area contributed by atoms with Crippen molar-refractivity contribution in [2.75, 3.05) is 13.7 Å². The van der Waals surface area contributed by atoms with Crippen molar-refractivity contribution in [3.05, 3.63) is 52.1 Å². The number of ether oxygens (including phenoxy) is 2. The van der Waals surface area contributed by atoms with Crippen LogP contribution in [0.3, 0.4) is 0 Å². The van der Waals surface area contributed by atoms with Crippen molar-refractivity contribution in [3.8, 4) is 17.2 Å². The molecule has 2 N–H and O–H groups in total. The molecule has 5 heteroatoms. The highest BCUT2D eigenvalue weighted by Gasteiger charge is 2.28. The standard InChI is InChI=1S/C24H33NO4/c1-16(2)8-6-9-17(3)10-7-11-18(4)12-13-29-23-21(26)14-19-20(22(23)28-5)15-25-24(19)27/h8,10,12,14,26H,6-7,9,11,13,15H2,1-5H3,(H,25,27). The fourth-order valence-corrected chi connectivity index (χ4v) is 3.27. The highest BCUT2D eigenvalue weighted by Crippen LogP contribution is 2.43. The molecule has 1 aliphatic heterocycles. The molecule has 0 aromatic heterocycles. The number of carbonyl (C=O) groups excluding carboxylic acids is 1. The number of benzene rings is 1. The molecule has 0 atom stereocenters. The summed E-state index contributed by atoms with van der Waals surface area (Å²) in [5.74, 6) is 0.403.